The molecule has 4 nitrogen and oxygen atoms in total. The predicted octanol–water partition coefficient (Wildman–Crippen LogP) is 3.14. The Labute approximate surface area is 124 Å². The molecule has 1 unspecified atom stereocenters. The van der Waals surface area contributed by atoms with E-state index in [1.165, 1.54) is 5.56 Å². The van der Waals surface area contributed by atoms with Gasteiger partial charge in [0.25, 0.3) is 0 Å². The minimum absolute atomic E-state index is 0.432. The van der Waals surface area contributed by atoms with Gasteiger partial charge in [-0.1, -0.05) is 24.3 Å². The third-order valence-electron chi connectivity index (χ3n) is 3.08. The van der Waals surface area contributed by atoms with E-state index >= 15 is 0 Å². The highest BCUT2D eigenvalue weighted by molar-refractivity contribution is 7.98. The summed E-state index contributed by atoms with van der Waals surface area (Å²) in [6.07, 6.45) is 3.77. The summed E-state index contributed by atoms with van der Waals surface area (Å²) in [4.78, 5) is 4.30. The second kappa shape index (κ2) is 5.97. The molecule has 108 valence electrons. The summed E-state index contributed by atoms with van der Waals surface area (Å²) in [5.74, 6) is 0.692. The van der Waals surface area contributed by atoms with Crippen LogP contribution in [0.3, 0.4) is 0 Å². The molecule has 0 spiro atoms. The molecule has 2 aromatic rings. The average molecular weight is 291 g/mol. The number of thioether (sulfide) groups is 1. The molecule has 0 amide bonds. The molecule has 1 N–H and O–H groups in total. The number of hydrogen-bond donors (Lipinski definition) is 1. The summed E-state index contributed by atoms with van der Waals surface area (Å²) in [6, 6.07) is 8.33. The quantitative estimate of drug-likeness (QED) is 0.919. The first-order valence-electron chi connectivity index (χ1n) is 6.64. The van der Waals surface area contributed by atoms with Gasteiger partial charge >= 0.3 is 0 Å². The molecule has 0 bridgehead atoms. The molecule has 0 aliphatic heterocycles. The van der Waals surface area contributed by atoms with Crippen molar-refractivity contribution in [3.8, 4) is 11.4 Å². The summed E-state index contributed by atoms with van der Waals surface area (Å²) in [5.41, 5.74) is 1.51. The highest BCUT2D eigenvalue weighted by Crippen LogP contribution is 2.27. The van der Waals surface area contributed by atoms with Gasteiger partial charge in [-0.3, -0.25) is 0 Å². The third kappa shape index (κ3) is 3.84. The van der Waals surface area contributed by atoms with Crippen molar-refractivity contribution < 1.29 is 5.11 Å². The second-order valence-electron chi connectivity index (χ2n) is 5.58. The molecule has 0 saturated heterocycles. The Kier molecular flexibility index (Phi) is 4.50. The van der Waals surface area contributed by atoms with Crippen molar-refractivity contribution >= 4 is 11.8 Å². The van der Waals surface area contributed by atoms with Crippen LogP contribution in [0, 0.1) is 0 Å². The molecular weight excluding hydrogens is 270 g/mol. The molecule has 0 aliphatic carbocycles. The Hall–Kier alpha value is -1.33. The van der Waals surface area contributed by atoms with E-state index < -0.39 is 5.60 Å². The van der Waals surface area contributed by atoms with Gasteiger partial charge in [0.05, 0.1) is 12.1 Å². The van der Waals surface area contributed by atoms with Crippen LogP contribution in [-0.2, 0) is 6.54 Å². The van der Waals surface area contributed by atoms with E-state index in [1.807, 2.05) is 23.9 Å². The van der Waals surface area contributed by atoms with E-state index in [-0.39, 0.29) is 0 Å². The molecule has 0 fully saturated rings. The van der Waals surface area contributed by atoms with Crippen LogP contribution in [0.5, 0.6) is 0 Å². The first-order chi connectivity index (χ1) is 9.39. The Morgan fingerprint density at radius 1 is 1.30 bits per heavy atom. The van der Waals surface area contributed by atoms with E-state index in [9.17, 15) is 5.11 Å². The lowest BCUT2D eigenvalue weighted by atomic mass is 10.1. The number of rotatable bonds is 5. The van der Waals surface area contributed by atoms with Crippen molar-refractivity contribution in [3.05, 3.63) is 36.2 Å². The van der Waals surface area contributed by atoms with Gasteiger partial charge in [0.15, 0.2) is 5.82 Å². The first-order valence-corrected chi connectivity index (χ1v) is 7.93. The predicted molar refractivity (Wildman–Crippen MR) is 83.7 cm³/mol. The van der Waals surface area contributed by atoms with Gasteiger partial charge in [-0.25, -0.2) is 9.67 Å². The van der Waals surface area contributed by atoms with Crippen LogP contribution in [0.2, 0.25) is 0 Å². The Balaban J connectivity index is 2.16. The minimum Gasteiger partial charge on any atom is -0.389 e. The van der Waals surface area contributed by atoms with Crippen molar-refractivity contribution in [1.82, 2.24) is 14.8 Å². The monoisotopic (exact) mass is 291 g/mol. The maximum atomic E-state index is 9.78. The average Bonchev–Trinajstić information content (AvgIpc) is 2.84. The molecule has 1 aromatic carbocycles. The van der Waals surface area contributed by atoms with Crippen LogP contribution in [0.15, 0.2) is 30.6 Å². The number of benzene rings is 1. The van der Waals surface area contributed by atoms with Crippen molar-refractivity contribution in [2.24, 2.45) is 0 Å². The van der Waals surface area contributed by atoms with Gasteiger partial charge in [-0.05, 0) is 32.6 Å². The molecule has 5 heteroatoms. The van der Waals surface area contributed by atoms with E-state index in [0.29, 0.717) is 17.6 Å². The molecule has 20 heavy (non-hydrogen) atoms. The topological polar surface area (TPSA) is 50.9 Å². The Bertz CT molecular complexity index is 557. The lowest BCUT2D eigenvalue weighted by molar-refractivity contribution is 0.0577. The number of aliphatic hydroxyl groups is 1. The van der Waals surface area contributed by atoms with Gasteiger partial charge in [-0.15, -0.1) is 0 Å². The van der Waals surface area contributed by atoms with Gasteiger partial charge < -0.3 is 5.11 Å². The lowest BCUT2D eigenvalue weighted by Crippen LogP contribution is -2.26. The first kappa shape index (κ1) is 15.1. The van der Waals surface area contributed by atoms with E-state index in [4.69, 9.17) is 0 Å². The van der Waals surface area contributed by atoms with Crippen LogP contribution in [0.1, 0.15) is 31.6 Å². The normalized spacial score (nSPS) is 13.4. The Morgan fingerprint density at radius 3 is 2.50 bits per heavy atom. The van der Waals surface area contributed by atoms with Gasteiger partial charge in [0.1, 0.15) is 6.33 Å². The van der Waals surface area contributed by atoms with Gasteiger partial charge in [0.2, 0.25) is 0 Å². The fourth-order valence-corrected chi connectivity index (χ4v) is 2.37. The molecule has 2 rings (SSSR count). The van der Waals surface area contributed by atoms with E-state index in [2.05, 4.69) is 35.4 Å². The van der Waals surface area contributed by atoms with Crippen LogP contribution in [0.4, 0.5) is 0 Å². The zero-order valence-electron chi connectivity index (χ0n) is 12.4. The molecule has 0 radical (unpaired) electrons. The van der Waals surface area contributed by atoms with Gasteiger partial charge in [0, 0.05) is 10.8 Å². The molecule has 0 saturated carbocycles. The number of hydrogen-bond acceptors (Lipinski definition) is 4. The summed E-state index contributed by atoms with van der Waals surface area (Å²) in [5, 5.41) is 14.7. The minimum atomic E-state index is -0.789. The van der Waals surface area contributed by atoms with Crippen molar-refractivity contribution in [1.29, 1.82) is 0 Å². The van der Waals surface area contributed by atoms with Crippen molar-refractivity contribution in [2.75, 3.05) is 6.26 Å². The zero-order valence-corrected chi connectivity index (χ0v) is 13.2. The summed E-state index contributed by atoms with van der Waals surface area (Å²) in [7, 11) is 0. The highest BCUT2D eigenvalue weighted by atomic mass is 32.2. The fraction of sp³-hybridized carbons (Fsp3) is 0.467. The SMILES string of the molecule is CSC(C)c1ccc(-c2ncn(CC(C)(C)O)n2)cc1. The molecule has 1 heterocycles. The van der Waals surface area contributed by atoms with Crippen LogP contribution in [-0.4, -0.2) is 31.7 Å². The van der Waals surface area contributed by atoms with Crippen LogP contribution in [0.25, 0.3) is 11.4 Å². The third-order valence-corrected chi connectivity index (χ3v) is 4.06. The van der Waals surface area contributed by atoms with Crippen molar-refractivity contribution in [2.45, 2.75) is 38.2 Å². The molecule has 0 aliphatic rings. The molecule has 1 aromatic heterocycles. The highest BCUT2D eigenvalue weighted by Gasteiger charge is 2.15. The standard InChI is InChI=1S/C15H21N3OS/c1-11(20-4)12-5-7-13(8-6-12)14-16-10-18(17-14)9-15(2,3)19/h5-8,10-11,19H,9H2,1-4H3. The molecule has 1 atom stereocenters. The lowest BCUT2D eigenvalue weighted by Gasteiger charge is -2.15. The van der Waals surface area contributed by atoms with E-state index in [1.54, 1.807) is 24.9 Å². The fourth-order valence-electron chi connectivity index (χ4n) is 1.94. The summed E-state index contributed by atoms with van der Waals surface area (Å²) in [6.45, 7) is 6.14. The zero-order chi connectivity index (χ0) is 14.8. The summed E-state index contributed by atoms with van der Waals surface area (Å²) < 4.78 is 1.67. The van der Waals surface area contributed by atoms with Crippen molar-refractivity contribution in [3.63, 3.8) is 0 Å². The number of aromatic nitrogens is 3. The largest absolute Gasteiger partial charge is 0.389 e. The van der Waals surface area contributed by atoms with Gasteiger partial charge in [-0.2, -0.15) is 16.9 Å². The summed E-state index contributed by atoms with van der Waals surface area (Å²) >= 11 is 1.83. The maximum Gasteiger partial charge on any atom is 0.181 e. The van der Waals surface area contributed by atoms with E-state index in [0.717, 1.165) is 5.56 Å². The second-order valence-corrected chi connectivity index (χ2v) is 6.76. The van der Waals surface area contributed by atoms with Crippen LogP contribution >= 0.6 is 11.8 Å². The molecular formula is C15H21N3OS. The Morgan fingerprint density at radius 2 is 1.95 bits per heavy atom. The van der Waals surface area contributed by atoms with Crippen LogP contribution < -0.4 is 0 Å². The maximum absolute atomic E-state index is 9.78. The number of nitrogens with zero attached hydrogens (tertiary/aromatic N) is 3. The smallest absolute Gasteiger partial charge is 0.181 e.